The Kier molecular flexibility index (Phi) is 13.1. The number of aliphatic hydroxyl groups is 1. The van der Waals surface area contributed by atoms with Gasteiger partial charge < -0.3 is 4.74 Å². The Bertz CT molecular complexity index is 544. The van der Waals surface area contributed by atoms with Crippen molar-refractivity contribution in [3.63, 3.8) is 0 Å². The van der Waals surface area contributed by atoms with Crippen LogP contribution < -0.4 is 0 Å². The monoisotopic (exact) mass is 434 g/mol. The van der Waals surface area contributed by atoms with Gasteiger partial charge >= 0.3 is 151 Å². The molecule has 0 aliphatic carbocycles. The number of ether oxygens (including phenoxy) is 3. The van der Waals surface area contributed by atoms with Crippen LogP contribution in [-0.4, -0.2) is 61.5 Å². The van der Waals surface area contributed by atoms with E-state index in [0.29, 0.717) is 31.8 Å². The molecule has 28 heavy (non-hydrogen) atoms. The third kappa shape index (κ3) is 11.4. The van der Waals surface area contributed by atoms with E-state index in [2.05, 4.69) is 6.92 Å². The molecule has 1 fully saturated rings. The quantitative estimate of drug-likeness (QED) is 0.217. The van der Waals surface area contributed by atoms with Crippen LogP contribution in [0, 0.1) is 5.92 Å². The van der Waals surface area contributed by atoms with Crippen LogP contribution in [0.4, 0.5) is 0 Å². The van der Waals surface area contributed by atoms with E-state index in [1.54, 1.807) is 13.7 Å². The summed E-state index contributed by atoms with van der Waals surface area (Å²) >= 11 is 4.83. The number of esters is 2. The van der Waals surface area contributed by atoms with Crippen LogP contribution in [-0.2, 0) is 40.3 Å². The summed E-state index contributed by atoms with van der Waals surface area (Å²) in [6, 6.07) is 0. The number of aliphatic hydroxyl groups excluding tert-OH is 1. The van der Waals surface area contributed by atoms with E-state index < -0.39 is 12.1 Å². The van der Waals surface area contributed by atoms with Crippen molar-refractivity contribution in [3.8, 4) is 0 Å². The van der Waals surface area contributed by atoms with Crippen molar-refractivity contribution in [2.45, 2.75) is 83.7 Å². The van der Waals surface area contributed by atoms with Gasteiger partial charge in [-0.15, -0.1) is 0 Å². The van der Waals surface area contributed by atoms with Crippen LogP contribution in [0.1, 0.15) is 59.3 Å². The van der Waals surface area contributed by atoms with Gasteiger partial charge in [0.25, 0.3) is 0 Å². The fraction of sp³-hybridized carbons (Fsp3) is 0.889. The van der Waals surface area contributed by atoms with Gasteiger partial charge in [0.05, 0.1) is 6.61 Å². The second-order valence-corrected chi connectivity index (χ2v) is 8.40. The summed E-state index contributed by atoms with van der Waals surface area (Å²) < 4.78 is 21.8. The average molecular weight is 434 g/mol. The molecule has 0 bridgehead atoms. The van der Waals surface area contributed by atoms with Crippen LogP contribution in [0.25, 0.3) is 0 Å². The predicted molar refractivity (Wildman–Crippen MR) is 111 cm³/mol. The Morgan fingerprint density at radius 3 is 2.61 bits per heavy atom. The molecule has 0 amide bonds. The maximum absolute atomic E-state index is 11.5. The standard InChI is InChI=1S/C18H32BO7PS/c1-4-23-18(22)9-14(21)8-16-11-17(25-13(3)20)10-15(26-16)7-12(2)5-6-24-19-27-28/h12,14-17,21,27H,4-11H2,1-3H3/t12-,14+,15+,16-,17-/m0/s1. The third-order valence-electron chi connectivity index (χ3n) is 4.54. The van der Waals surface area contributed by atoms with Gasteiger partial charge in [-0.05, 0) is 6.92 Å². The van der Waals surface area contributed by atoms with E-state index in [1.165, 1.54) is 6.92 Å². The molecule has 1 aliphatic heterocycles. The molecule has 0 saturated carbocycles. The second-order valence-electron chi connectivity index (χ2n) is 7.22. The topological polar surface area (TPSA) is 91.3 Å². The molecule has 1 rings (SSSR count). The summed E-state index contributed by atoms with van der Waals surface area (Å²) in [5, 5.41) is 10.2. The molecule has 0 radical (unpaired) electrons. The Balaban J connectivity index is 2.57. The van der Waals surface area contributed by atoms with Crippen LogP contribution in [0.5, 0.6) is 0 Å². The van der Waals surface area contributed by atoms with E-state index in [4.69, 9.17) is 30.7 Å². The minimum absolute atomic E-state index is 0.0651. The van der Waals surface area contributed by atoms with Crippen LogP contribution >= 0.6 is 6.85 Å². The van der Waals surface area contributed by atoms with Gasteiger partial charge in [-0.25, -0.2) is 0 Å². The molecule has 1 unspecified atom stereocenters. The van der Waals surface area contributed by atoms with Crippen molar-refractivity contribution in [1.29, 1.82) is 0 Å². The molecule has 6 atom stereocenters. The first kappa shape index (κ1) is 25.4. The van der Waals surface area contributed by atoms with Crippen molar-refractivity contribution in [3.05, 3.63) is 0 Å². The summed E-state index contributed by atoms with van der Waals surface area (Å²) in [6.07, 6.45) is 1.64. The van der Waals surface area contributed by atoms with Crippen molar-refractivity contribution >= 4 is 37.4 Å². The van der Waals surface area contributed by atoms with Crippen molar-refractivity contribution < 1.29 is 33.6 Å². The van der Waals surface area contributed by atoms with Crippen LogP contribution in [0.15, 0.2) is 0 Å². The van der Waals surface area contributed by atoms with Gasteiger partial charge in [0, 0.05) is 0 Å². The third-order valence-corrected chi connectivity index (χ3v) is 5.09. The Morgan fingerprint density at radius 1 is 1.32 bits per heavy atom. The first-order valence-electron chi connectivity index (χ1n) is 9.81. The number of hydrogen-bond donors (Lipinski definition) is 1. The van der Waals surface area contributed by atoms with Gasteiger partial charge in [-0.3, -0.25) is 4.79 Å². The molecular weight excluding hydrogens is 402 g/mol. The Morgan fingerprint density at radius 2 is 2.00 bits per heavy atom. The molecule has 1 N–H and O–H groups in total. The SMILES string of the molecule is CCOC(=O)C[C@H](O)C[C@H]1C[C@@H](OC(C)=O)C[C@@H](C[C@@H](C)CCOB=[PH]=S)O1. The van der Waals surface area contributed by atoms with E-state index in [1.807, 2.05) is 0 Å². The van der Waals surface area contributed by atoms with E-state index in [9.17, 15) is 14.7 Å². The normalized spacial score (nSPS) is 24.2. The molecule has 1 aliphatic rings. The van der Waals surface area contributed by atoms with Gasteiger partial charge in [0.2, 0.25) is 0 Å². The van der Waals surface area contributed by atoms with Crippen molar-refractivity contribution in [2.75, 3.05) is 13.2 Å². The summed E-state index contributed by atoms with van der Waals surface area (Å²) in [5.74, 6) is -0.379. The Hall–Kier alpha value is -0.595. The molecule has 0 aromatic heterocycles. The predicted octanol–water partition coefficient (Wildman–Crippen LogP) is 2.28. The van der Waals surface area contributed by atoms with Gasteiger partial charge in [-0.1, -0.05) is 0 Å². The van der Waals surface area contributed by atoms with Gasteiger partial charge in [-0.2, -0.15) is 0 Å². The molecule has 10 heteroatoms. The first-order valence-corrected chi connectivity index (χ1v) is 12.0. The van der Waals surface area contributed by atoms with Crippen LogP contribution in [0.3, 0.4) is 0 Å². The Labute approximate surface area is 174 Å². The number of carbonyl (C=O) groups excluding carboxylic acids is 2. The van der Waals surface area contributed by atoms with E-state index >= 15 is 0 Å². The first-order chi connectivity index (χ1) is 13.3. The molecule has 0 aromatic carbocycles. The molecular formula is C18H32BO7PS. The average Bonchev–Trinajstić information content (AvgIpc) is 2.57. The molecule has 0 aromatic rings. The number of rotatable bonds is 12. The van der Waals surface area contributed by atoms with Crippen LogP contribution in [0.2, 0.25) is 0 Å². The van der Waals surface area contributed by atoms with Gasteiger partial charge in [0.15, 0.2) is 0 Å². The second kappa shape index (κ2) is 14.4. The van der Waals surface area contributed by atoms with E-state index in [0.717, 1.165) is 12.8 Å². The van der Waals surface area contributed by atoms with Crippen molar-refractivity contribution in [2.24, 2.45) is 5.92 Å². The summed E-state index contributed by atoms with van der Waals surface area (Å²) in [7, 11) is 0. The maximum atomic E-state index is 11.5. The zero-order chi connectivity index (χ0) is 20.9. The fourth-order valence-corrected chi connectivity index (χ4v) is 3.82. The number of hydrogen-bond acceptors (Lipinski definition) is 8. The molecule has 0 spiro atoms. The molecule has 7 nitrogen and oxygen atoms in total. The summed E-state index contributed by atoms with van der Waals surface area (Å²) in [6.45, 7) is 8.06. The fourth-order valence-electron chi connectivity index (χ4n) is 3.43. The zero-order valence-corrected chi connectivity index (χ0v) is 18.7. The zero-order valence-electron chi connectivity index (χ0n) is 16.9. The molecule has 1 heterocycles. The minimum atomic E-state index is -0.846. The van der Waals surface area contributed by atoms with E-state index in [-0.39, 0.29) is 44.2 Å². The number of carbonyl (C=O) groups is 2. The summed E-state index contributed by atoms with van der Waals surface area (Å²) in [5.41, 5.74) is 0. The van der Waals surface area contributed by atoms with Crippen molar-refractivity contribution in [1.82, 2.24) is 0 Å². The molecule has 160 valence electrons. The van der Waals surface area contributed by atoms with Gasteiger partial charge in [0.1, 0.15) is 0 Å². The molecule has 1 saturated heterocycles. The summed E-state index contributed by atoms with van der Waals surface area (Å²) in [4.78, 5) is 22.9.